The molecule has 0 amide bonds. The lowest BCUT2D eigenvalue weighted by Crippen LogP contribution is -2.28. The molecule has 2 aromatic heterocycles. The van der Waals surface area contributed by atoms with E-state index >= 15 is 0 Å². The van der Waals surface area contributed by atoms with Gasteiger partial charge in [0.05, 0.1) is 12.6 Å². The Morgan fingerprint density at radius 2 is 2.13 bits per heavy atom. The molecule has 1 aliphatic heterocycles. The summed E-state index contributed by atoms with van der Waals surface area (Å²) in [4.78, 5) is 4.35. The fraction of sp³-hybridized carbons (Fsp3) is 0.294. The first-order valence-corrected chi connectivity index (χ1v) is 7.81. The Hall–Kier alpha value is -2.60. The van der Waals surface area contributed by atoms with Gasteiger partial charge in [-0.1, -0.05) is 18.2 Å². The Balaban J connectivity index is 1.38. The minimum Gasteiger partial charge on any atom is -0.429 e. The minimum absolute atomic E-state index is 0.217. The second-order valence-corrected chi connectivity index (χ2v) is 5.55. The average Bonchev–Trinajstić information content (AvgIpc) is 3.23. The summed E-state index contributed by atoms with van der Waals surface area (Å²) in [7, 11) is 0. The summed E-state index contributed by atoms with van der Waals surface area (Å²) in [5.74, 6) is 3.11. The highest BCUT2D eigenvalue weighted by Gasteiger charge is 2.22. The van der Waals surface area contributed by atoms with Crippen molar-refractivity contribution in [1.82, 2.24) is 20.1 Å². The summed E-state index contributed by atoms with van der Waals surface area (Å²) in [6, 6.07) is 13.6. The number of para-hydroxylation sites is 1. The van der Waals surface area contributed by atoms with E-state index in [2.05, 4.69) is 15.4 Å². The van der Waals surface area contributed by atoms with Crippen molar-refractivity contribution < 1.29 is 9.15 Å². The van der Waals surface area contributed by atoms with Crippen molar-refractivity contribution in [2.24, 2.45) is 0 Å². The summed E-state index contributed by atoms with van der Waals surface area (Å²) < 4.78 is 13.4. The topological polar surface area (TPSA) is 65.1 Å². The van der Waals surface area contributed by atoms with Gasteiger partial charge in [-0.15, -0.1) is 0 Å². The smallest absolute Gasteiger partial charge is 0.290 e. The standard InChI is InChI=1S/C17H18N4O2/c1-2-5-13(6-3-1)22-16-9-8-14(23-16)11-18-15-7-4-10-21-17(15)19-12-20-21/h1-3,5-6,8-9,12,15,18H,4,7,10-11H2/t15-/m1/s1. The number of aromatic nitrogens is 3. The first kappa shape index (κ1) is 14.0. The van der Waals surface area contributed by atoms with Gasteiger partial charge in [0.25, 0.3) is 5.95 Å². The highest BCUT2D eigenvalue weighted by Crippen LogP contribution is 2.25. The van der Waals surface area contributed by atoms with Gasteiger partial charge in [0.2, 0.25) is 0 Å². The lowest BCUT2D eigenvalue weighted by atomic mass is 10.1. The molecule has 1 atom stereocenters. The molecule has 23 heavy (non-hydrogen) atoms. The predicted molar refractivity (Wildman–Crippen MR) is 84.1 cm³/mol. The van der Waals surface area contributed by atoms with Crippen molar-refractivity contribution in [2.75, 3.05) is 0 Å². The summed E-state index contributed by atoms with van der Waals surface area (Å²) in [6.45, 7) is 1.58. The van der Waals surface area contributed by atoms with E-state index in [1.54, 1.807) is 6.33 Å². The van der Waals surface area contributed by atoms with E-state index in [4.69, 9.17) is 9.15 Å². The summed E-state index contributed by atoms with van der Waals surface area (Å²) in [6.07, 6.45) is 3.79. The fourth-order valence-electron chi connectivity index (χ4n) is 2.82. The molecule has 0 fully saturated rings. The monoisotopic (exact) mass is 310 g/mol. The Labute approximate surface area is 134 Å². The van der Waals surface area contributed by atoms with Gasteiger partial charge >= 0.3 is 0 Å². The lowest BCUT2D eigenvalue weighted by Gasteiger charge is -2.22. The summed E-state index contributed by atoms with van der Waals surface area (Å²) >= 11 is 0. The second kappa shape index (κ2) is 6.26. The number of fused-ring (bicyclic) bond motifs is 1. The van der Waals surface area contributed by atoms with Crippen LogP contribution in [-0.4, -0.2) is 14.8 Å². The van der Waals surface area contributed by atoms with Gasteiger partial charge < -0.3 is 14.5 Å². The van der Waals surface area contributed by atoms with E-state index in [0.717, 1.165) is 36.7 Å². The maximum atomic E-state index is 5.72. The predicted octanol–water partition coefficient (Wildman–Crippen LogP) is 3.29. The van der Waals surface area contributed by atoms with E-state index in [0.29, 0.717) is 12.5 Å². The number of rotatable bonds is 5. The highest BCUT2D eigenvalue weighted by atomic mass is 16.6. The van der Waals surface area contributed by atoms with Crippen LogP contribution in [0.4, 0.5) is 0 Å². The van der Waals surface area contributed by atoms with E-state index in [9.17, 15) is 0 Å². The van der Waals surface area contributed by atoms with Crippen LogP contribution < -0.4 is 10.1 Å². The maximum Gasteiger partial charge on any atom is 0.290 e. The molecule has 6 nitrogen and oxygen atoms in total. The van der Waals surface area contributed by atoms with Crippen LogP contribution in [0.3, 0.4) is 0 Å². The molecule has 0 saturated carbocycles. The molecule has 1 aromatic carbocycles. The molecule has 0 saturated heterocycles. The zero-order chi connectivity index (χ0) is 15.5. The van der Waals surface area contributed by atoms with Crippen molar-refractivity contribution in [3.05, 3.63) is 60.4 Å². The van der Waals surface area contributed by atoms with E-state index in [1.165, 1.54) is 0 Å². The molecule has 3 heterocycles. The van der Waals surface area contributed by atoms with Crippen LogP contribution in [0.2, 0.25) is 0 Å². The van der Waals surface area contributed by atoms with Crippen molar-refractivity contribution in [3.63, 3.8) is 0 Å². The molecule has 118 valence electrons. The van der Waals surface area contributed by atoms with Crippen molar-refractivity contribution in [3.8, 4) is 11.7 Å². The summed E-state index contributed by atoms with van der Waals surface area (Å²) in [5, 5.41) is 7.72. The van der Waals surface area contributed by atoms with E-state index in [-0.39, 0.29) is 6.04 Å². The zero-order valence-corrected chi connectivity index (χ0v) is 12.7. The average molecular weight is 310 g/mol. The van der Waals surface area contributed by atoms with Crippen LogP contribution in [0.1, 0.15) is 30.5 Å². The van der Waals surface area contributed by atoms with E-state index in [1.807, 2.05) is 47.1 Å². The van der Waals surface area contributed by atoms with Crippen LogP contribution in [0, 0.1) is 0 Å². The quantitative estimate of drug-likeness (QED) is 0.783. The largest absolute Gasteiger partial charge is 0.429 e. The van der Waals surface area contributed by atoms with Gasteiger partial charge in [0, 0.05) is 12.6 Å². The van der Waals surface area contributed by atoms with Gasteiger partial charge in [-0.3, -0.25) is 0 Å². The molecule has 4 rings (SSSR count). The molecular weight excluding hydrogens is 292 g/mol. The van der Waals surface area contributed by atoms with Crippen LogP contribution in [-0.2, 0) is 13.1 Å². The number of ether oxygens (including phenoxy) is 1. The van der Waals surface area contributed by atoms with Gasteiger partial charge in [-0.05, 0) is 31.0 Å². The second-order valence-electron chi connectivity index (χ2n) is 5.55. The van der Waals surface area contributed by atoms with Gasteiger partial charge in [-0.2, -0.15) is 5.10 Å². The number of aryl methyl sites for hydroxylation is 1. The minimum atomic E-state index is 0.217. The zero-order valence-electron chi connectivity index (χ0n) is 12.7. The third-order valence-corrected chi connectivity index (χ3v) is 3.94. The Bertz CT molecular complexity index is 766. The van der Waals surface area contributed by atoms with Crippen LogP contribution in [0.15, 0.2) is 53.2 Å². The molecule has 0 radical (unpaired) electrons. The molecule has 0 unspecified atom stereocenters. The molecule has 6 heteroatoms. The number of nitrogens with one attached hydrogen (secondary N) is 1. The van der Waals surface area contributed by atoms with Crippen molar-refractivity contribution in [2.45, 2.75) is 32.0 Å². The third-order valence-electron chi connectivity index (χ3n) is 3.94. The number of hydrogen-bond donors (Lipinski definition) is 1. The van der Waals surface area contributed by atoms with Gasteiger partial charge in [0.1, 0.15) is 23.7 Å². The highest BCUT2D eigenvalue weighted by molar-refractivity contribution is 5.26. The first-order chi connectivity index (χ1) is 11.4. The molecule has 3 aromatic rings. The SMILES string of the molecule is c1ccc(Oc2ccc(CN[C@@H]3CCCn4ncnc43)o2)cc1. The van der Waals surface area contributed by atoms with Crippen LogP contribution >= 0.6 is 0 Å². The van der Waals surface area contributed by atoms with Crippen molar-refractivity contribution >= 4 is 0 Å². The third kappa shape index (κ3) is 3.12. The molecular formula is C17H18N4O2. The lowest BCUT2D eigenvalue weighted by molar-refractivity contribution is 0.314. The van der Waals surface area contributed by atoms with Gasteiger partial charge in [-0.25, -0.2) is 9.67 Å². The van der Waals surface area contributed by atoms with E-state index < -0.39 is 0 Å². The normalized spacial score (nSPS) is 17.0. The number of nitrogens with zero attached hydrogens (tertiary/aromatic N) is 3. The number of hydrogen-bond acceptors (Lipinski definition) is 5. The summed E-state index contributed by atoms with van der Waals surface area (Å²) in [5.41, 5.74) is 0. The van der Waals surface area contributed by atoms with Crippen LogP contribution in [0.25, 0.3) is 0 Å². The fourth-order valence-corrected chi connectivity index (χ4v) is 2.82. The first-order valence-electron chi connectivity index (χ1n) is 7.81. The van der Waals surface area contributed by atoms with Crippen molar-refractivity contribution in [1.29, 1.82) is 0 Å². The maximum absolute atomic E-state index is 5.72. The molecule has 0 aliphatic carbocycles. The molecule has 1 N–H and O–H groups in total. The molecule has 1 aliphatic rings. The molecule has 0 bridgehead atoms. The van der Waals surface area contributed by atoms with Gasteiger partial charge in [0.15, 0.2) is 0 Å². The Morgan fingerprint density at radius 1 is 1.22 bits per heavy atom. The molecule has 0 spiro atoms. The number of benzene rings is 1. The van der Waals surface area contributed by atoms with Crippen LogP contribution in [0.5, 0.6) is 11.7 Å². The Kier molecular flexibility index (Phi) is 3.81. The Morgan fingerprint density at radius 3 is 3.04 bits per heavy atom. The number of furan rings is 1.